The van der Waals surface area contributed by atoms with E-state index in [0.717, 1.165) is 5.56 Å². The highest BCUT2D eigenvalue weighted by Crippen LogP contribution is 2.26. The van der Waals surface area contributed by atoms with Crippen LogP contribution in [-0.2, 0) is 13.3 Å². The number of fused-ring (bicyclic) bond motifs is 1. The molecule has 1 aliphatic heterocycles. The Kier molecular flexibility index (Phi) is 7.18. The van der Waals surface area contributed by atoms with E-state index in [1.807, 2.05) is 51.1 Å². The minimum atomic E-state index is -3.20. The van der Waals surface area contributed by atoms with Crippen LogP contribution in [0, 0.1) is 11.8 Å². The maximum atomic E-state index is 13.0. The maximum absolute atomic E-state index is 13.0. The molecule has 0 spiro atoms. The van der Waals surface area contributed by atoms with Crippen molar-refractivity contribution in [1.29, 1.82) is 0 Å². The molecule has 3 rings (SSSR count). The molecule has 7 heteroatoms. The van der Waals surface area contributed by atoms with Gasteiger partial charge in [-0.3, -0.25) is 14.5 Å². The smallest absolute Gasteiger partial charge is 0.373 e. The van der Waals surface area contributed by atoms with E-state index in [2.05, 4.69) is 11.8 Å². The molecule has 0 aromatic heterocycles. The molecule has 0 radical (unpaired) electrons. The summed E-state index contributed by atoms with van der Waals surface area (Å²) >= 11 is 0. The van der Waals surface area contributed by atoms with Gasteiger partial charge >= 0.3 is 8.80 Å². The lowest BCUT2D eigenvalue weighted by Crippen LogP contribution is -2.56. The highest BCUT2D eigenvalue weighted by molar-refractivity contribution is 6.61. The molecule has 0 saturated carbocycles. The third-order valence-electron chi connectivity index (χ3n) is 4.54. The predicted octanol–water partition coefficient (Wildman–Crippen LogP) is 3.27. The number of nitrogens with zero attached hydrogens (tertiary/aromatic N) is 1. The Hall–Kier alpha value is -2.76. The van der Waals surface area contributed by atoms with Gasteiger partial charge in [-0.15, -0.1) is 0 Å². The number of hydrogen-bond acceptors (Lipinski definition) is 5. The number of hydrogen-bond donors (Lipinski definition) is 0. The molecule has 0 N–H and O–H groups in total. The number of rotatable bonds is 8. The Morgan fingerprint density at radius 2 is 1.33 bits per heavy atom. The van der Waals surface area contributed by atoms with Crippen LogP contribution >= 0.6 is 0 Å². The zero-order chi connectivity index (χ0) is 21.6. The van der Waals surface area contributed by atoms with Gasteiger partial charge in [0.05, 0.1) is 17.3 Å². The van der Waals surface area contributed by atoms with Crippen molar-refractivity contribution < 1.29 is 22.9 Å². The number of carbonyl (C=O) groups excluding carboxylic acids is 2. The summed E-state index contributed by atoms with van der Waals surface area (Å²) in [6, 6.07) is 14.6. The molecule has 1 heterocycles. The van der Waals surface area contributed by atoms with E-state index in [4.69, 9.17) is 13.3 Å². The molecule has 30 heavy (non-hydrogen) atoms. The van der Waals surface area contributed by atoms with Gasteiger partial charge in [-0.25, -0.2) is 0 Å². The average molecular weight is 424 g/mol. The molecule has 2 aromatic carbocycles. The van der Waals surface area contributed by atoms with Gasteiger partial charge in [0.15, 0.2) is 0 Å². The molecular formula is C23H25NO5Si. The summed E-state index contributed by atoms with van der Waals surface area (Å²) in [4.78, 5) is 27.1. The first-order chi connectivity index (χ1) is 14.5. The van der Waals surface area contributed by atoms with Crippen molar-refractivity contribution >= 4 is 20.6 Å². The van der Waals surface area contributed by atoms with Gasteiger partial charge in [-0.2, -0.15) is 0 Å². The molecule has 0 aliphatic carbocycles. The summed E-state index contributed by atoms with van der Waals surface area (Å²) in [6.07, 6.45) is -0.0140. The fraction of sp³-hybridized carbons (Fsp3) is 0.304. The molecule has 6 nitrogen and oxygen atoms in total. The van der Waals surface area contributed by atoms with Crippen LogP contribution in [0.1, 0.15) is 52.6 Å². The Morgan fingerprint density at radius 1 is 0.767 bits per heavy atom. The highest BCUT2D eigenvalue weighted by atomic mass is 28.4. The summed E-state index contributed by atoms with van der Waals surface area (Å²) in [6.45, 7) is 6.61. The molecule has 0 unspecified atom stereocenters. The van der Waals surface area contributed by atoms with Gasteiger partial charge in [0.2, 0.25) is 0 Å². The van der Waals surface area contributed by atoms with Crippen molar-refractivity contribution in [3.8, 4) is 11.8 Å². The van der Waals surface area contributed by atoms with Crippen LogP contribution in [0.15, 0.2) is 48.5 Å². The molecule has 0 bridgehead atoms. The van der Waals surface area contributed by atoms with E-state index >= 15 is 0 Å². The number of benzene rings is 2. The van der Waals surface area contributed by atoms with Crippen molar-refractivity contribution in [2.75, 3.05) is 26.0 Å². The average Bonchev–Trinajstić information content (AvgIpc) is 2.98. The third kappa shape index (κ3) is 4.69. The molecule has 1 aliphatic rings. The summed E-state index contributed by atoms with van der Waals surface area (Å²) < 4.78 is 17.4. The largest absolute Gasteiger partial charge is 0.522 e. The fourth-order valence-electron chi connectivity index (χ4n) is 3.29. The fourth-order valence-corrected chi connectivity index (χ4v) is 5.81. The molecule has 156 valence electrons. The van der Waals surface area contributed by atoms with E-state index < -0.39 is 8.80 Å². The van der Waals surface area contributed by atoms with E-state index in [9.17, 15) is 9.59 Å². The second-order valence-electron chi connectivity index (χ2n) is 6.55. The van der Waals surface area contributed by atoms with Crippen molar-refractivity contribution in [2.24, 2.45) is 0 Å². The van der Waals surface area contributed by atoms with Crippen molar-refractivity contribution in [3.05, 3.63) is 70.8 Å². The molecule has 0 fully saturated rings. The lowest BCUT2D eigenvalue weighted by molar-refractivity contribution is 0.0457. The molecule has 2 amide bonds. The van der Waals surface area contributed by atoms with Crippen molar-refractivity contribution in [1.82, 2.24) is 4.90 Å². The Labute approximate surface area is 178 Å². The predicted molar refractivity (Wildman–Crippen MR) is 115 cm³/mol. The Bertz CT molecular complexity index is 963. The van der Waals surface area contributed by atoms with Crippen LogP contribution in [0.5, 0.6) is 0 Å². The van der Waals surface area contributed by atoms with Crippen molar-refractivity contribution in [2.45, 2.75) is 20.8 Å². The summed E-state index contributed by atoms with van der Waals surface area (Å²) in [5.74, 6) is 5.37. The van der Waals surface area contributed by atoms with Crippen molar-refractivity contribution in [3.63, 3.8) is 0 Å². The van der Waals surface area contributed by atoms with Crippen LogP contribution < -0.4 is 0 Å². The standard InChI is InChI=1S/C23H25NO5Si/c1-4-27-30(28-5-2,29-6-3)17-24-22(25)20-15-14-19(16-21(20)23(24)26)13-12-18-10-8-7-9-11-18/h7-11,14-16H,4-6,17H2,1-3H3. The van der Waals surface area contributed by atoms with Gasteiger partial charge in [0.25, 0.3) is 11.8 Å². The number of carbonyl (C=O) groups is 2. The maximum Gasteiger partial charge on any atom is 0.522 e. The van der Waals surface area contributed by atoms with E-state index in [0.29, 0.717) is 36.5 Å². The number of imide groups is 1. The second kappa shape index (κ2) is 9.83. The summed E-state index contributed by atoms with van der Waals surface area (Å²) in [5, 5.41) is 0. The van der Waals surface area contributed by atoms with Gasteiger partial charge in [0.1, 0.15) is 0 Å². The zero-order valence-electron chi connectivity index (χ0n) is 17.4. The lowest BCUT2D eigenvalue weighted by atomic mass is 10.1. The normalized spacial score (nSPS) is 13.2. The molecular weight excluding hydrogens is 398 g/mol. The van der Waals surface area contributed by atoms with Crippen LogP contribution in [0.3, 0.4) is 0 Å². The quantitative estimate of drug-likeness (QED) is 0.370. The van der Waals surface area contributed by atoms with E-state index in [-0.39, 0.29) is 18.0 Å². The topological polar surface area (TPSA) is 65.1 Å². The first kappa shape index (κ1) is 21.9. The third-order valence-corrected chi connectivity index (χ3v) is 7.43. The SMILES string of the molecule is CCO[Si](CN1C(=O)c2ccc(C#Cc3ccccc3)cc2C1=O)(OCC)OCC. The van der Waals surface area contributed by atoms with Crippen LogP contribution in [0.4, 0.5) is 0 Å². The van der Waals surface area contributed by atoms with Crippen LogP contribution in [-0.4, -0.2) is 51.5 Å². The minimum Gasteiger partial charge on any atom is -0.373 e. The monoisotopic (exact) mass is 423 g/mol. The lowest BCUT2D eigenvalue weighted by Gasteiger charge is -2.31. The Morgan fingerprint density at radius 3 is 1.93 bits per heavy atom. The molecule has 2 aromatic rings. The summed E-state index contributed by atoms with van der Waals surface area (Å²) in [7, 11) is -3.20. The Balaban J connectivity index is 1.86. The van der Waals surface area contributed by atoms with Crippen LogP contribution in [0.2, 0.25) is 0 Å². The number of amides is 2. The van der Waals surface area contributed by atoms with Gasteiger partial charge < -0.3 is 13.3 Å². The minimum absolute atomic E-state index is 0.0140. The molecule has 0 atom stereocenters. The first-order valence-corrected chi connectivity index (χ1v) is 12.0. The van der Waals surface area contributed by atoms with E-state index in [1.54, 1.807) is 18.2 Å². The molecule has 0 saturated heterocycles. The highest BCUT2D eigenvalue weighted by Gasteiger charge is 2.48. The van der Waals surface area contributed by atoms with Gasteiger partial charge in [-0.05, 0) is 51.1 Å². The zero-order valence-corrected chi connectivity index (χ0v) is 18.4. The van der Waals surface area contributed by atoms with Crippen LogP contribution in [0.25, 0.3) is 0 Å². The summed E-state index contributed by atoms with van der Waals surface area (Å²) in [5.41, 5.74) is 2.25. The van der Waals surface area contributed by atoms with Gasteiger partial charge in [0, 0.05) is 30.9 Å². The first-order valence-electron chi connectivity index (χ1n) is 10.0. The van der Waals surface area contributed by atoms with E-state index in [1.165, 1.54) is 4.90 Å². The second-order valence-corrected chi connectivity index (χ2v) is 9.10. The van der Waals surface area contributed by atoms with Gasteiger partial charge in [-0.1, -0.05) is 30.0 Å².